The molecule has 0 saturated heterocycles. The predicted molar refractivity (Wildman–Crippen MR) is 98.5 cm³/mol. The molecular weight excluding hydrogens is 444 g/mol. The minimum atomic E-state index is -0.482. The van der Waals surface area contributed by atoms with E-state index in [2.05, 4.69) is 37.2 Å². The molecule has 1 N–H and O–H groups in total. The third kappa shape index (κ3) is 4.33. The zero-order chi connectivity index (χ0) is 17.9. The molecule has 0 fully saturated rings. The van der Waals surface area contributed by atoms with E-state index in [0.29, 0.717) is 17.0 Å². The van der Waals surface area contributed by atoms with E-state index in [4.69, 9.17) is 4.74 Å². The second-order valence-electron chi connectivity index (χ2n) is 5.08. The number of carbonyl (C=O) groups excluding carboxylic acids is 1. The van der Waals surface area contributed by atoms with Crippen molar-refractivity contribution in [3.05, 3.63) is 60.5 Å². The quantitative estimate of drug-likeness (QED) is 0.518. The van der Waals surface area contributed by atoms with E-state index in [1.54, 1.807) is 13.0 Å². The molecule has 0 aliphatic rings. The van der Waals surface area contributed by atoms with Gasteiger partial charge in [-0.3, -0.25) is 14.9 Å². The Morgan fingerprint density at radius 1 is 1.29 bits per heavy atom. The fraction of sp³-hybridized carbons (Fsp3) is 0.188. The van der Waals surface area contributed by atoms with Crippen molar-refractivity contribution in [3.8, 4) is 5.75 Å². The number of hydrogen-bond donors (Lipinski definition) is 1. The summed E-state index contributed by atoms with van der Waals surface area (Å²) in [6, 6.07) is 8.23. The standard InChI is InChI=1S/C16H14Br2N2O4/c1-9-6-11(17)7-12(18)16(9)24-8-15(21)19-13-4-3-5-14(10(13)2)20(22)23/h3-7H,8H2,1-2H3,(H,19,21). The molecule has 6 nitrogen and oxygen atoms in total. The van der Waals surface area contributed by atoms with Gasteiger partial charge in [0.15, 0.2) is 6.61 Å². The van der Waals surface area contributed by atoms with Gasteiger partial charge in [-0.1, -0.05) is 22.0 Å². The van der Waals surface area contributed by atoms with E-state index in [0.717, 1.165) is 14.5 Å². The van der Waals surface area contributed by atoms with Crippen molar-refractivity contribution in [2.45, 2.75) is 13.8 Å². The number of rotatable bonds is 5. The van der Waals surface area contributed by atoms with E-state index in [1.165, 1.54) is 12.1 Å². The Bertz CT molecular complexity index is 786. The van der Waals surface area contributed by atoms with Crippen LogP contribution in [0.25, 0.3) is 0 Å². The summed E-state index contributed by atoms with van der Waals surface area (Å²) in [6.45, 7) is 3.25. The Morgan fingerprint density at radius 3 is 2.62 bits per heavy atom. The SMILES string of the molecule is Cc1cc(Br)cc(Br)c1OCC(=O)Nc1cccc([N+](=O)[O-])c1C. The topological polar surface area (TPSA) is 81.5 Å². The zero-order valence-electron chi connectivity index (χ0n) is 12.9. The van der Waals surface area contributed by atoms with Crippen LogP contribution in [0.2, 0.25) is 0 Å². The van der Waals surface area contributed by atoms with Crippen molar-refractivity contribution in [1.29, 1.82) is 0 Å². The van der Waals surface area contributed by atoms with E-state index in [9.17, 15) is 14.9 Å². The number of benzene rings is 2. The maximum Gasteiger partial charge on any atom is 0.274 e. The normalized spacial score (nSPS) is 10.3. The molecule has 0 spiro atoms. The van der Waals surface area contributed by atoms with Crippen molar-refractivity contribution in [2.24, 2.45) is 0 Å². The van der Waals surface area contributed by atoms with E-state index >= 15 is 0 Å². The summed E-state index contributed by atoms with van der Waals surface area (Å²) in [6.07, 6.45) is 0. The number of nitro groups is 1. The highest BCUT2D eigenvalue weighted by atomic mass is 79.9. The molecule has 126 valence electrons. The van der Waals surface area contributed by atoms with Crippen LogP contribution in [-0.2, 0) is 4.79 Å². The van der Waals surface area contributed by atoms with Crippen LogP contribution < -0.4 is 10.1 Å². The molecule has 0 saturated carbocycles. The van der Waals surface area contributed by atoms with Crippen LogP contribution in [0.1, 0.15) is 11.1 Å². The lowest BCUT2D eigenvalue weighted by atomic mass is 10.1. The van der Waals surface area contributed by atoms with Crippen molar-refractivity contribution in [2.75, 3.05) is 11.9 Å². The van der Waals surface area contributed by atoms with Crippen molar-refractivity contribution in [3.63, 3.8) is 0 Å². The van der Waals surface area contributed by atoms with Crippen LogP contribution in [0.3, 0.4) is 0 Å². The van der Waals surface area contributed by atoms with Gasteiger partial charge in [-0.05, 0) is 53.5 Å². The van der Waals surface area contributed by atoms with Crippen LogP contribution in [0.5, 0.6) is 5.75 Å². The number of halogens is 2. The monoisotopic (exact) mass is 456 g/mol. The summed E-state index contributed by atoms with van der Waals surface area (Å²) < 4.78 is 7.19. The molecule has 0 aliphatic heterocycles. The van der Waals surface area contributed by atoms with Gasteiger partial charge in [0, 0.05) is 10.5 Å². The van der Waals surface area contributed by atoms with Crippen LogP contribution in [0, 0.1) is 24.0 Å². The van der Waals surface area contributed by atoms with Gasteiger partial charge in [0.2, 0.25) is 0 Å². The van der Waals surface area contributed by atoms with Crippen LogP contribution in [-0.4, -0.2) is 17.4 Å². The van der Waals surface area contributed by atoms with Crippen LogP contribution >= 0.6 is 31.9 Å². The molecule has 0 radical (unpaired) electrons. The first kappa shape index (κ1) is 18.4. The summed E-state index contributed by atoms with van der Waals surface area (Å²) in [5, 5.41) is 13.6. The van der Waals surface area contributed by atoms with Crippen molar-refractivity contribution in [1.82, 2.24) is 0 Å². The molecular formula is C16H14Br2N2O4. The lowest BCUT2D eigenvalue weighted by molar-refractivity contribution is -0.385. The number of carbonyl (C=O) groups is 1. The second-order valence-corrected chi connectivity index (χ2v) is 6.85. The molecule has 0 aromatic heterocycles. The zero-order valence-corrected chi connectivity index (χ0v) is 16.1. The average Bonchev–Trinajstić information content (AvgIpc) is 2.48. The Kier molecular flexibility index (Phi) is 5.95. The Balaban J connectivity index is 2.08. The van der Waals surface area contributed by atoms with E-state index in [-0.39, 0.29) is 12.3 Å². The number of aryl methyl sites for hydroxylation is 1. The molecule has 24 heavy (non-hydrogen) atoms. The van der Waals surface area contributed by atoms with Crippen LogP contribution in [0.4, 0.5) is 11.4 Å². The van der Waals surface area contributed by atoms with Gasteiger partial charge in [0.25, 0.3) is 11.6 Å². The first-order chi connectivity index (χ1) is 11.3. The minimum Gasteiger partial charge on any atom is -0.482 e. The number of ether oxygens (including phenoxy) is 1. The van der Waals surface area contributed by atoms with Gasteiger partial charge < -0.3 is 10.1 Å². The first-order valence-corrected chi connectivity index (χ1v) is 8.50. The summed E-state index contributed by atoms with van der Waals surface area (Å²) in [5.41, 5.74) is 1.62. The molecule has 2 aromatic carbocycles. The third-order valence-corrected chi connectivity index (χ3v) is 4.36. The average molecular weight is 458 g/mol. The lowest BCUT2D eigenvalue weighted by Crippen LogP contribution is -2.21. The van der Waals surface area contributed by atoms with Gasteiger partial charge in [-0.25, -0.2) is 0 Å². The van der Waals surface area contributed by atoms with Crippen LogP contribution in [0.15, 0.2) is 39.3 Å². The van der Waals surface area contributed by atoms with E-state index in [1.807, 2.05) is 19.1 Å². The lowest BCUT2D eigenvalue weighted by Gasteiger charge is -2.12. The maximum atomic E-state index is 12.1. The predicted octanol–water partition coefficient (Wildman–Crippen LogP) is 4.75. The maximum absolute atomic E-state index is 12.1. The van der Waals surface area contributed by atoms with Gasteiger partial charge in [0.1, 0.15) is 5.75 Å². The van der Waals surface area contributed by atoms with Crippen molar-refractivity contribution < 1.29 is 14.5 Å². The Labute approximate surface area is 155 Å². The number of anilines is 1. The first-order valence-electron chi connectivity index (χ1n) is 6.92. The number of amides is 1. The number of hydrogen-bond acceptors (Lipinski definition) is 4. The van der Waals surface area contributed by atoms with Crippen molar-refractivity contribution >= 4 is 49.1 Å². The third-order valence-electron chi connectivity index (χ3n) is 3.32. The summed E-state index contributed by atoms with van der Waals surface area (Å²) in [4.78, 5) is 22.5. The minimum absolute atomic E-state index is 0.0415. The summed E-state index contributed by atoms with van der Waals surface area (Å²) >= 11 is 6.77. The fourth-order valence-electron chi connectivity index (χ4n) is 2.15. The largest absolute Gasteiger partial charge is 0.482 e. The Hall–Kier alpha value is -1.93. The molecule has 8 heteroatoms. The highest BCUT2D eigenvalue weighted by molar-refractivity contribution is 9.11. The molecule has 0 unspecified atom stereocenters. The van der Waals surface area contributed by atoms with E-state index < -0.39 is 10.8 Å². The Morgan fingerprint density at radius 2 is 2.00 bits per heavy atom. The number of nitrogens with zero attached hydrogens (tertiary/aromatic N) is 1. The molecule has 0 atom stereocenters. The second kappa shape index (κ2) is 7.76. The number of nitro benzene ring substituents is 1. The van der Waals surface area contributed by atoms with Gasteiger partial charge >= 0.3 is 0 Å². The molecule has 2 aromatic rings. The fourth-order valence-corrected chi connectivity index (χ4v) is 3.71. The molecule has 1 amide bonds. The molecule has 2 rings (SSSR count). The molecule has 0 heterocycles. The van der Waals surface area contributed by atoms with Gasteiger partial charge in [-0.15, -0.1) is 0 Å². The number of nitrogens with one attached hydrogen (secondary N) is 1. The summed E-state index contributed by atoms with van der Waals surface area (Å²) in [7, 11) is 0. The molecule has 0 aliphatic carbocycles. The van der Waals surface area contributed by atoms with Gasteiger partial charge in [0.05, 0.1) is 20.6 Å². The summed E-state index contributed by atoms with van der Waals surface area (Å²) in [5.74, 6) is 0.178. The van der Waals surface area contributed by atoms with Gasteiger partial charge in [-0.2, -0.15) is 0 Å². The molecule has 0 bridgehead atoms. The smallest absolute Gasteiger partial charge is 0.274 e. The highest BCUT2D eigenvalue weighted by Gasteiger charge is 2.15. The highest BCUT2D eigenvalue weighted by Crippen LogP contribution is 2.32.